The summed E-state index contributed by atoms with van der Waals surface area (Å²) in [7, 11) is 1.74. The van der Waals surface area contributed by atoms with E-state index in [4.69, 9.17) is 0 Å². The smallest absolute Gasteiger partial charge is 0.273 e. The topological polar surface area (TPSA) is 48.5 Å². The zero-order chi connectivity index (χ0) is 16.9. The number of aryl methyl sites for hydroxylation is 1. The van der Waals surface area contributed by atoms with E-state index >= 15 is 0 Å². The first kappa shape index (κ1) is 16.3. The van der Waals surface area contributed by atoms with Crippen LogP contribution in [0.2, 0.25) is 0 Å². The first-order valence-corrected chi connectivity index (χ1v) is 8.25. The average molecular weight is 431 g/mol. The van der Waals surface area contributed by atoms with Crippen LogP contribution in [0.15, 0.2) is 12.3 Å². The molecule has 0 saturated heterocycles. The largest absolute Gasteiger partial charge is 0.282 e. The molecule has 0 aliphatic carbocycles. The molecule has 0 aliphatic heterocycles. The van der Waals surface area contributed by atoms with Crippen LogP contribution in [0.4, 0.5) is 8.78 Å². The Labute approximate surface area is 145 Å². The average Bonchev–Trinajstić information content (AvgIpc) is 2.95. The third kappa shape index (κ3) is 2.73. The number of nitrogens with zero attached hydrogens (tertiary/aromatic N) is 5. The van der Waals surface area contributed by atoms with Gasteiger partial charge in [0.25, 0.3) is 6.43 Å². The summed E-state index contributed by atoms with van der Waals surface area (Å²) in [5.41, 5.74) is 2.25. The SMILES string of the molecule is Cc1c(C(C)C)c(I)nn1-c1cc2cn(C)nc2nc1C(F)F. The highest BCUT2D eigenvalue weighted by Crippen LogP contribution is 2.31. The fourth-order valence-electron chi connectivity index (χ4n) is 2.78. The highest BCUT2D eigenvalue weighted by molar-refractivity contribution is 14.1. The molecule has 5 nitrogen and oxygen atoms in total. The van der Waals surface area contributed by atoms with Crippen molar-refractivity contribution >= 4 is 33.6 Å². The Balaban J connectivity index is 2.30. The number of alkyl halides is 2. The fraction of sp³-hybridized carbons (Fsp3) is 0.400. The normalized spacial score (nSPS) is 12.0. The van der Waals surface area contributed by atoms with Gasteiger partial charge in [0.05, 0.1) is 5.69 Å². The molecule has 0 N–H and O–H groups in total. The van der Waals surface area contributed by atoms with Gasteiger partial charge in [-0.25, -0.2) is 18.4 Å². The van der Waals surface area contributed by atoms with Crippen molar-refractivity contribution in [1.82, 2.24) is 24.5 Å². The summed E-state index contributed by atoms with van der Waals surface area (Å²) in [6.07, 6.45) is -0.936. The Bertz CT molecular complexity index is 882. The molecule has 0 amide bonds. The number of hydrogen-bond donors (Lipinski definition) is 0. The Morgan fingerprint density at radius 1 is 1.22 bits per heavy atom. The van der Waals surface area contributed by atoms with Crippen LogP contribution in [0.5, 0.6) is 0 Å². The van der Waals surface area contributed by atoms with E-state index in [1.54, 1.807) is 28.7 Å². The molecule has 0 spiro atoms. The molecule has 3 heterocycles. The van der Waals surface area contributed by atoms with E-state index in [9.17, 15) is 8.78 Å². The summed E-state index contributed by atoms with van der Waals surface area (Å²) in [5.74, 6) is 0.265. The second kappa shape index (κ2) is 5.81. The summed E-state index contributed by atoms with van der Waals surface area (Å²) in [5, 5.41) is 9.28. The van der Waals surface area contributed by atoms with E-state index in [1.165, 1.54) is 0 Å². The summed E-state index contributed by atoms with van der Waals surface area (Å²) < 4.78 is 31.0. The van der Waals surface area contributed by atoms with Crippen LogP contribution in [-0.2, 0) is 7.05 Å². The van der Waals surface area contributed by atoms with E-state index in [0.29, 0.717) is 16.7 Å². The van der Waals surface area contributed by atoms with Crippen molar-refractivity contribution in [3.63, 3.8) is 0 Å². The van der Waals surface area contributed by atoms with E-state index in [0.717, 1.165) is 15.0 Å². The van der Waals surface area contributed by atoms with Crippen LogP contribution in [0.3, 0.4) is 0 Å². The van der Waals surface area contributed by atoms with E-state index in [2.05, 4.69) is 51.6 Å². The standard InChI is InChI=1S/C15H16F2IN5/c1-7(2)11-8(3)23(20-14(11)18)10-5-9-6-22(4)21-15(9)19-12(10)13(16)17/h5-7,13H,1-4H3. The molecule has 0 radical (unpaired) electrons. The minimum absolute atomic E-state index is 0.265. The zero-order valence-corrected chi connectivity index (χ0v) is 15.3. The molecule has 23 heavy (non-hydrogen) atoms. The van der Waals surface area contributed by atoms with Gasteiger partial charge in [0.1, 0.15) is 9.39 Å². The predicted molar refractivity (Wildman–Crippen MR) is 92.1 cm³/mol. The quantitative estimate of drug-likeness (QED) is 0.587. The zero-order valence-electron chi connectivity index (χ0n) is 13.2. The highest BCUT2D eigenvalue weighted by Gasteiger charge is 2.23. The maximum atomic E-state index is 13.5. The second-order valence-electron chi connectivity index (χ2n) is 5.77. The molecule has 3 rings (SSSR count). The van der Waals surface area contributed by atoms with Crippen molar-refractivity contribution in [3.05, 3.63) is 32.9 Å². The van der Waals surface area contributed by atoms with Gasteiger partial charge in [-0.3, -0.25) is 4.68 Å². The molecule has 3 aromatic heterocycles. The van der Waals surface area contributed by atoms with Crippen LogP contribution in [0.25, 0.3) is 16.7 Å². The van der Waals surface area contributed by atoms with Gasteiger partial charge in [0.2, 0.25) is 0 Å². The van der Waals surface area contributed by atoms with Crippen LogP contribution < -0.4 is 0 Å². The fourth-order valence-corrected chi connectivity index (χ4v) is 4.01. The number of rotatable bonds is 3. The molecule has 0 fully saturated rings. The predicted octanol–water partition coefficient (Wildman–Crippen LogP) is 4.13. The molecule has 0 bridgehead atoms. The summed E-state index contributed by atoms with van der Waals surface area (Å²) in [6.45, 7) is 6.02. The third-order valence-electron chi connectivity index (χ3n) is 3.75. The lowest BCUT2D eigenvalue weighted by atomic mass is 10.1. The second-order valence-corrected chi connectivity index (χ2v) is 6.79. The molecule has 122 valence electrons. The lowest BCUT2D eigenvalue weighted by Crippen LogP contribution is -2.07. The van der Waals surface area contributed by atoms with Crippen LogP contribution in [0.1, 0.15) is 43.1 Å². The van der Waals surface area contributed by atoms with E-state index < -0.39 is 6.43 Å². The number of fused-ring (bicyclic) bond motifs is 1. The number of pyridine rings is 1. The van der Waals surface area contributed by atoms with Gasteiger partial charge in [-0.1, -0.05) is 13.8 Å². The van der Waals surface area contributed by atoms with Gasteiger partial charge in [-0.15, -0.1) is 0 Å². The molecule has 0 atom stereocenters. The monoisotopic (exact) mass is 431 g/mol. The first-order chi connectivity index (χ1) is 10.8. The minimum Gasteiger partial charge on any atom is -0.273 e. The highest BCUT2D eigenvalue weighted by atomic mass is 127. The van der Waals surface area contributed by atoms with Gasteiger partial charge in [-0.05, 0) is 41.5 Å². The van der Waals surface area contributed by atoms with Crippen molar-refractivity contribution in [3.8, 4) is 5.69 Å². The third-order valence-corrected chi connectivity index (χ3v) is 4.54. The molecular formula is C15H16F2IN5. The van der Waals surface area contributed by atoms with Crippen molar-refractivity contribution < 1.29 is 8.78 Å². The Morgan fingerprint density at radius 2 is 1.91 bits per heavy atom. The Kier molecular flexibility index (Phi) is 4.11. The maximum absolute atomic E-state index is 13.5. The van der Waals surface area contributed by atoms with Gasteiger partial charge >= 0.3 is 0 Å². The molecule has 8 heteroatoms. The van der Waals surface area contributed by atoms with Gasteiger partial charge in [0, 0.05) is 29.9 Å². The molecule has 0 saturated carbocycles. The summed E-state index contributed by atoms with van der Waals surface area (Å²) in [6, 6.07) is 1.68. The number of hydrogen-bond acceptors (Lipinski definition) is 3. The molecular weight excluding hydrogens is 415 g/mol. The lowest BCUT2D eigenvalue weighted by molar-refractivity contribution is 0.146. The van der Waals surface area contributed by atoms with Crippen molar-refractivity contribution in [1.29, 1.82) is 0 Å². The lowest BCUT2D eigenvalue weighted by Gasteiger charge is -2.11. The molecule has 0 unspecified atom stereocenters. The van der Waals surface area contributed by atoms with E-state index in [-0.39, 0.29) is 11.6 Å². The molecule has 0 aromatic carbocycles. The molecule has 3 aromatic rings. The Hall–Kier alpha value is -1.58. The van der Waals surface area contributed by atoms with Crippen LogP contribution in [-0.4, -0.2) is 24.5 Å². The van der Waals surface area contributed by atoms with Gasteiger partial charge in [-0.2, -0.15) is 10.2 Å². The summed E-state index contributed by atoms with van der Waals surface area (Å²) in [4.78, 5) is 4.05. The van der Waals surface area contributed by atoms with Gasteiger partial charge < -0.3 is 0 Å². The van der Waals surface area contributed by atoms with Gasteiger partial charge in [0.15, 0.2) is 5.65 Å². The number of aromatic nitrogens is 5. The summed E-state index contributed by atoms with van der Waals surface area (Å²) >= 11 is 2.14. The van der Waals surface area contributed by atoms with Crippen molar-refractivity contribution in [2.75, 3.05) is 0 Å². The first-order valence-electron chi connectivity index (χ1n) is 7.17. The van der Waals surface area contributed by atoms with E-state index in [1.807, 2.05) is 6.92 Å². The molecule has 0 aliphatic rings. The minimum atomic E-state index is -2.69. The van der Waals surface area contributed by atoms with Crippen molar-refractivity contribution in [2.45, 2.75) is 33.1 Å². The van der Waals surface area contributed by atoms with Crippen LogP contribution >= 0.6 is 22.6 Å². The maximum Gasteiger partial charge on any atom is 0.282 e. The number of halogens is 3. The van der Waals surface area contributed by atoms with Crippen LogP contribution in [0, 0.1) is 10.6 Å². The Morgan fingerprint density at radius 3 is 2.48 bits per heavy atom. The van der Waals surface area contributed by atoms with Crippen molar-refractivity contribution in [2.24, 2.45) is 7.05 Å².